The standard InChI is InChI=1S/C7H14N2/c1-2-8-7-9-5-3-4-6-9/h7H,2-6H2,1H3. The molecule has 2 heteroatoms. The maximum Gasteiger partial charge on any atom is 0.0849 e. The van der Waals surface area contributed by atoms with Crippen LogP contribution in [-0.4, -0.2) is 30.9 Å². The van der Waals surface area contributed by atoms with E-state index in [0.717, 1.165) is 6.54 Å². The van der Waals surface area contributed by atoms with Crippen LogP contribution in [0.3, 0.4) is 0 Å². The van der Waals surface area contributed by atoms with E-state index in [4.69, 9.17) is 0 Å². The smallest absolute Gasteiger partial charge is 0.0849 e. The van der Waals surface area contributed by atoms with Gasteiger partial charge in [0.15, 0.2) is 0 Å². The Hall–Kier alpha value is -0.530. The molecule has 0 aromatic rings. The summed E-state index contributed by atoms with van der Waals surface area (Å²) in [5.74, 6) is 0. The monoisotopic (exact) mass is 126 g/mol. The molecule has 0 bridgehead atoms. The average molecular weight is 126 g/mol. The second-order valence-corrected chi connectivity index (χ2v) is 2.36. The van der Waals surface area contributed by atoms with Crippen LogP contribution in [0.5, 0.6) is 0 Å². The van der Waals surface area contributed by atoms with Crippen LogP contribution >= 0.6 is 0 Å². The first-order chi connectivity index (χ1) is 4.43. The minimum Gasteiger partial charge on any atom is -0.363 e. The number of hydrogen-bond acceptors (Lipinski definition) is 1. The minimum absolute atomic E-state index is 0.913. The normalized spacial score (nSPS) is 19.9. The summed E-state index contributed by atoms with van der Waals surface area (Å²) in [5.41, 5.74) is 0. The predicted octanol–water partition coefficient (Wildman–Crippen LogP) is 1.13. The van der Waals surface area contributed by atoms with Gasteiger partial charge in [0.25, 0.3) is 0 Å². The summed E-state index contributed by atoms with van der Waals surface area (Å²) in [7, 11) is 0. The van der Waals surface area contributed by atoms with Crippen LogP contribution in [0.2, 0.25) is 0 Å². The molecule has 1 rings (SSSR count). The molecule has 1 aliphatic heterocycles. The molecular weight excluding hydrogens is 112 g/mol. The molecule has 1 aliphatic rings. The van der Waals surface area contributed by atoms with Crippen LogP contribution in [0.4, 0.5) is 0 Å². The summed E-state index contributed by atoms with van der Waals surface area (Å²) >= 11 is 0. The molecule has 0 N–H and O–H groups in total. The van der Waals surface area contributed by atoms with Crippen molar-refractivity contribution in [3.05, 3.63) is 0 Å². The third kappa shape index (κ3) is 2.04. The first kappa shape index (κ1) is 6.59. The molecule has 0 radical (unpaired) electrons. The van der Waals surface area contributed by atoms with Crippen molar-refractivity contribution in [2.45, 2.75) is 19.8 Å². The molecule has 9 heavy (non-hydrogen) atoms. The Labute approximate surface area is 56.6 Å². The van der Waals surface area contributed by atoms with E-state index in [9.17, 15) is 0 Å². The van der Waals surface area contributed by atoms with E-state index in [1.807, 2.05) is 6.34 Å². The number of hydrogen-bond donors (Lipinski definition) is 0. The summed E-state index contributed by atoms with van der Waals surface area (Å²) in [5, 5.41) is 0. The highest BCUT2D eigenvalue weighted by Gasteiger charge is 2.05. The van der Waals surface area contributed by atoms with Gasteiger partial charge in [-0.15, -0.1) is 0 Å². The zero-order chi connectivity index (χ0) is 6.53. The Balaban J connectivity index is 2.18. The molecule has 0 atom stereocenters. The lowest BCUT2D eigenvalue weighted by Crippen LogP contribution is -2.16. The van der Waals surface area contributed by atoms with E-state index in [0.29, 0.717) is 0 Å². The highest BCUT2D eigenvalue weighted by molar-refractivity contribution is 5.55. The minimum atomic E-state index is 0.913. The molecule has 0 unspecified atom stereocenters. The summed E-state index contributed by atoms with van der Waals surface area (Å²) in [6.45, 7) is 5.40. The Morgan fingerprint density at radius 3 is 2.67 bits per heavy atom. The van der Waals surface area contributed by atoms with E-state index in [-0.39, 0.29) is 0 Å². The highest BCUT2D eigenvalue weighted by atomic mass is 15.2. The molecule has 52 valence electrons. The molecule has 0 aromatic carbocycles. The molecule has 0 aliphatic carbocycles. The Morgan fingerprint density at radius 2 is 2.11 bits per heavy atom. The summed E-state index contributed by atoms with van der Waals surface area (Å²) in [6.07, 6.45) is 4.67. The molecule has 0 spiro atoms. The van der Waals surface area contributed by atoms with Gasteiger partial charge < -0.3 is 4.90 Å². The van der Waals surface area contributed by atoms with Gasteiger partial charge in [-0.1, -0.05) is 0 Å². The van der Waals surface area contributed by atoms with Crippen LogP contribution < -0.4 is 0 Å². The third-order valence-corrected chi connectivity index (χ3v) is 1.57. The fourth-order valence-corrected chi connectivity index (χ4v) is 1.05. The summed E-state index contributed by atoms with van der Waals surface area (Å²) < 4.78 is 0. The molecule has 0 aromatic heterocycles. The van der Waals surface area contributed by atoms with Crippen molar-refractivity contribution in [1.82, 2.24) is 4.90 Å². The first-order valence-electron chi connectivity index (χ1n) is 3.67. The second-order valence-electron chi connectivity index (χ2n) is 2.36. The van der Waals surface area contributed by atoms with Crippen LogP contribution in [0.25, 0.3) is 0 Å². The molecule has 1 saturated heterocycles. The van der Waals surface area contributed by atoms with E-state index in [1.54, 1.807) is 0 Å². The number of aliphatic imine (C=N–C) groups is 1. The van der Waals surface area contributed by atoms with Crippen molar-refractivity contribution < 1.29 is 0 Å². The van der Waals surface area contributed by atoms with E-state index in [1.165, 1.54) is 25.9 Å². The van der Waals surface area contributed by atoms with Gasteiger partial charge in [0, 0.05) is 19.6 Å². The Kier molecular flexibility index (Phi) is 2.55. The summed E-state index contributed by atoms with van der Waals surface area (Å²) in [6, 6.07) is 0. The molecule has 0 amide bonds. The van der Waals surface area contributed by atoms with E-state index < -0.39 is 0 Å². The van der Waals surface area contributed by atoms with E-state index >= 15 is 0 Å². The Bertz CT molecular complexity index is 93.1. The van der Waals surface area contributed by atoms with Crippen molar-refractivity contribution in [1.29, 1.82) is 0 Å². The largest absolute Gasteiger partial charge is 0.363 e. The van der Waals surface area contributed by atoms with Crippen molar-refractivity contribution in [3.63, 3.8) is 0 Å². The molecule has 1 heterocycles. The Morgan fingerprint density at radius 1 is 1.44 bits per heavy atom. The fourth-order valence-electron chi connectivity index (χ4n) is 1.05. The van der Waals surface area contributed by atoms with Gasteiger partial charge in [0.1, 0.15) is 0 Å². The van der Waals surface area contributed by atoms with Crippen molar-refractivity contribution in [2.75, 3.05) is 19.6 Å². The molecule has 0 saturated carbocycles. The van der Waals surface area contributed by atoms with Gasteiger partial charge >= 0.3 is 0 Å². The van der Waals surface area contributed by atoms with Crippen LogP contribution in [0, 0.1) is 0 Å². The average Bonchev–Trinajstić information content (AvgIpc) is 2.34. The lowest BCUT2D eigenvalue weighted by atomic mass is 10.4. The zero-order valence-electron chi connectivity index (χ0n) is 6.01. The molecule has 2 nitrogen and oxygen atoms in total. The SMILES string of the molecule is CCN=CN1CCCC1. The van der Waals surface area contributed by atoms with Crippen LogP contribution in [0.1, 0.15) is 19.8 Å². The zero-order valence-corrected chi connectivity index (χ0v) is 6.01. The van der Waals surface area contributed by atoms with Gasteiger partial charge in [0.2, 0.25) is 0 Å². The molecule has 1 fully saturated rings. The quantitative estimate of drug-likeness (QED) is 0.400. The van der Waals surface area contributed by atoms with Gasteiger partial charge in [-0.05, 0) is 19.8 Å². The lowest BCUT2D eigenvalue weighted by Gasteiger charge is -2.07. The van der Waals surface area contributed by atoms with Gasteiger partial charge in [0.05, 0.1) is 6.34 Å². The maximum absolute atomic E-state index is 4.15. The van der Waals surface area contributed by atoms with Crippen LogP contribution in [-0.2, 0) is 0 Å². The van der Waals surface area contributed by atoms with Gasteiger partial charge in [-0.2, -0.15) is 0 Å². The van der Waals surface area contributed by atoms with Crippen molar-refractivity contribution in [3.8, 4) is 0 Å². The molecular formula is C7H14N2. The van der Waals surface area contributed by atoms with E-state index in [2.05, 4.69) is 16.8 Å². The van der Waals surface area contributed by atoms with Crippen LogP contribution in [0.15, 0.2) is 4.99 Å². The number of rotatable bonds is 2. The first-order valence-corrected chi connectivity index (χ1v) is 3.67. The fraction of sp³-hybridized carbons (Fsp3) is 0.857. The topological polar surface area (TPSA) is 15.6 Å². The highest BCUT2D eigenvalue weighted by Crippen LogP contribution is 2.03. The predicted molar refractivity (Wildman–Crippen MR) is 39.8 cm³/mol. The van der Waals surface area contributed by atoms with Gasteiger partial charge in [-0.25, -0.2) is 0 Å². The lowest BCUT2D eigenvalue weighted by molar-refractivity contribution is 0.534. The number of likely N-dealkylation sites (tertiary alicyclic amines) is 1. The number of nitrogens with zero attached hydrogens (tertiary/aromatic N) is 2. The third-order valence-electron chi connectivity index (χ3n) is 1.57. The van der Waals surface area contributed by atoms with Gasteiger partial charge in [-0.3, -0.25) is 4.99 Å². The summed E-state index contributed by atoms with van der Waals surface area (Å²) in [4.78, 5) is 6.44. The second kappa shape index (κ2) is 3.49. The van der Waals surface area contributed by atoms with Crippen molar-refractivity contribution in [2.24, 2.45) is 4.99 Å². The van der Waals surface area contributed by atoms with Crippen molar-refractivity contribution >= 4 is 6.34 Å². The maximum atomic E-state index is 4.15.